The van der Waals surface area contributed by atoms with Crippen molar-refractivity contribution in [1.82, 2.24) is 0 Å². The number of carboxylic acid groups (broad SMARTS) is 3. The van der Waals surface area contributed by atoms with Gasteiger partial charge in [0.05, 0.1) is 12.8 Å². The summed E-state index contributed by atoms with van der Waals surface area (Å²) in [6.07, 6.45) is -2.24. The van der Waals surface area contributed by atoms with E-state index in [1.54, 1.807) is 0 Å². The number of carbonyl (C=O) groups is 4. The molecule has 88 valence electrons. The molecule has 0 amide bonds. The summed E-state index contributed by atoms with van der Waals surface area (Å²) in [7, 11) is 0. The van der Waals surface area contributed by atoms with Crippen molar-refractivity contribution in [2.24, 2.45) is 0 Å². The molecule has 0 heterocycles. The summed E-state index contributed by atoms with van der Waals surface area (Å²) in [5, 5.41) is 25.4. The number of hydrogen-bond donors (Lipinski definition) is 3. The third-order valence-electron chi connectivity index (χ3n) is 1.54. The standard InChI is InChI=1S/C7H8O8.Ca.2H/c8-3-15-7(6(13)14,1-4(9)10)2-5(11)12;;;/h3H,1-2H2,(H,9,10)(H,11,12)(H,13,14);;;. The third kappa shape index (κ3) is 5.29. The Morgan fingerprint density at radius 2 is 1.44 bits per heavy atom. The normalized spacial score (nSPS) is 9.75. The predicted molar refractivity (Wildman–Crippen MR) is 50.6 cm³/mol. The molecule has 0 spiro atoms. The third-order valence-corrected chi connectivity index (χ3v) is 1.54. The average molecular weight is 262 g/mol. The van der Waals surface area contributed by atoms with Gasteiger partial charge in [-0.25, -0.2) is 4.79 Å². The Bertz CT molecular complexity index is 283. The Morgan fingerprint density at radius 1 is 1.06 bits per heavy atom. The second-order valence-electron chi connectivity index (χ2n) is 2.65. The second kappa shape index (κ2) is 7.42. The first-order valence-electron chi connectivity index (χ1n) is 3.62. The summed E-state index contributed by atoms with van der Waals surface area (Å²) in [5.41, 5.74) is -2.56. The molecule has 0 saturated heterocycles. The van der Waals surface area contributed by atoms with Crippen molar-refractivity contribution in [3.63, 3.8) is 0 Å². The molecule has 0 aliphatic heterocycles. The van der Waals surface area contributed by atoms with Crippen LogP contribution in [0.5, 0.6) is 0 Å². The zero-order chi connectivity index (χ0) is 12.1. The van der Waals surface area contributed by atoms with Crippen molar-refractivity contribution in [2.45, 2.75) is 18.4 Å². The Balaban J connectivity index is 0. The number of aliphatic carboxylic acids is 3. The van der Waals surface area contributed by atoms with Crippen molar-refractivity contribution < 1.29 is 39.2 Å². The van der Waals surface area contributed by atoms with E-state index < -0.39 is 36.4 Å². The molecular weight excluding hydrogens is 252 g/mol. The molecule has 0 aliphatic carbocycles. The summed E-state index contributed by atoms with van der Waals surface area (Å²) in [5.74, 6) is -4.99. The molecule has 3 N–H and O–H groups in total. The first-order valence-corrected chi connectivity index (χ1v) is 3.62. The molecule has 0 aromatic heterocycles. The molecule has 0 saturated carbocycles. The summed E-state index contributed by atoms with van der Waals surface area (Å²) < 4.78 is 4.07. The van der Waals surface area contributed by atoms with Gasteiger partial charge in [0, 0.05) is 0 Å². The van der Waals surface area contributed by atoms with Crippen molar-refractivity contribution in [1.29, 1.82) is 0 Å². The zero-order valence-electron chi connectivity index (χ0n) is 7.37. The molecule has 0 aromatic carbocycles. The van der Waals surface area contributed by atoms with E-state index in [4.69, 9.17) is 15.3 Å². The molecule has 0 bridgehead atoms. The fraction of sp³-hybridized carbons (Fsp3) is 0.429. The molecular formula is C7H10CaO8. The Labute approximate surface area is 119 Å². The average Bonchev–Trinajstić information content (AvgIpc) is 2.01. The van der Waals surface area contributed by atoms with Crippen LogP contribution in [-0.2, 0) is 23.9 Å². The fourth-order valence-electron chi connectivity index (χ4n) is 0.928. The van der Waals surface area contributed by atoms with E-state index in [1.165, 1.54) is 0 Å². The van der Waals surface area contributed by atoms with Crippen LogP contribution in [0.1, 0.15) is 12.8 Å². The van der Waals surface area contributed by atoms with E-state index >= 15 is 0 Å². The number of carbonyl (C=O) groups excluding carboxylic acids is 1. The molecule has 0 unspecified atom stereocenters. The van der Waals surface area contributed by atoms with Crippen LogP contribution in [0.25, 0.3) is 0 Å². The van der Waals surface area contributed by atoms with Gasteiger partial charge in [0.15, 0.2) is 0 Å². The number of rotatable bonds is 7. The Hall–Kier alpha value is -0.860. The van der Waals surface area contributed by atoms with Crippen LogP contribution < -0.4 is 0 Å². The van der Waals surface area contributed by atoms with Gasteiger partial charge in [-0.3, -0.25) is 14.4 Å². The van der Waals surface area contributed by atoms with Gasteiger partial charge in [0.1, 0.15) is 0 Å². The van der Waals surface area contributed by atoms with Gasteiger partial charge in [-0.15, -0.1) is 0 Å². The van der Waals surface area contributed by atoms with Crippen molar-refractivity contribution in [3.05, 3.63) is 0 Å². The van der Waals surface area contributed by atoms with Crippen LogP contribution in [0.4, 0.5) is 0 Å². The van der Waals surface area contributed by atoms with Gasteiger partial charge in [0.25, 0.3) is 6.47 Å². The van der Waals surface area contributed by atoms with Crippen LogP contribution in [0, 0.1) is 0 Å². The van der Waals surface area contributed by atoms with Crippen LogP contribution >= 0.6 is 0 Å². The van der Waals surface area contributed by atoms with E-state index in [0.717, 1.165) is 0 Å². The van der Waals surface area contributed by atoms with Crippen LogP contribution in [0.3, 0.4) is 0 Å². The van der Waals surface area contributed by atoms with Crippen molar-refractivity contribution >= 4 is 62.1 Å². The molecule has 0 radical (unpaired) electrons. The van der Waals surface area contributed by atoms with Gasteiger partial charge in [-0.2, -0.15) is 0 Å². The zero-order valence-corrected chi connectivity index (χ0v) is 7.37. The quantitative estimate of drug-likeness (QED) is 0.354. The fourth-order valence-corrected chi connectivity index (χ4v) is 0.928. The van der Waals surface area contributed by atoms with Crippen molar-refractivity contribution in [3.8, 4) is 0 Å². The maximum atomic E-state index is 10.7. The van der Waals surface area contributed by atoms with Crippen LogP contribution in [0.2, 0.25) is 0 Å². The summed E-state index contributed by atoms with van der Waals surface area (Å²) in [4.78, 5) is 41.3. The first-order chi connectivity index (χ1) is 6.84. The van der Waals surface area contributed by atoms with Gasteiger partial charge >= 0.3 is 55.6 Å². The number of carboxylic acids is 3. The topological polar surface area (TPSA) is 138 Å². The summed E-state index contributed by atoms with van der Waals surface area (Å²) in [6.45, 7) is -0.292. The van der Waals surface area contributed by atoms with Gasteiger partial charge < -0.3 is 20.1 Å². The molecule has 0 atom stereocenters. The molecule has 0 aliphatic rings. The monoisotopic (exact) mass is 262 g/mol. The van der Waals surface area contributed by atoms with Gasteiger partial charge in [-0.05, 0) is 0 Å². The van der Waals surface area contributed by atoms with Crippen LogP contribution in [-0.4, -0.2) is 83.0 Å². The van der Waals surface area contributed by atoms with E-state index in [1.807, 2.05) is 0 Å². The SMILES string of the molecule is O=COC(CC(=O)O)(CC(=O)O)C(=O)O.[CaH2]. The van der Waals surface area contributed by atoms with Gasteiger partial charge in [-0.1, -0.05) is 0 Å². The summed E-state index contributed by atoms with van der Waals surface area (Å²) >= 11 is 0. The predicted octanol–water partition coefficient (Wildman–Crippen LogP) is -1.98. The van der Waals surface area contributed by atoms with E-state index in [2.05, 4.69) is 4.74 Å². The molecule has 0 rings (SSSR count). The van der Waals surface area contributed by atoms with Crippen molar-refractivity contribution in [2.75, 3.05) is 0 Å². The molecule has 0 fully saturated rings. The minimum absolute atomic E-state index is 0. The number of ether oxygens (including phenoxy) is 1. The van der Waals surface area contributed by atoms with E-state index in [0.29, 0.717) is 0 Å². The molecule has 8 nitrogen and oxygen atoms in total. The Kier molecular flexibility index (Phi) is 8.13. The van der Waals surface area contributed by atoms with Crippen LogP contribution in [0.15, 0.2) is 0 Å². The first kappa shape index (κ1) is 17.5. The molecule has 0 aromatic rings. The Morgan fingerprint density at radius 3 is 1.62 bits per heavy atom. The second-order valence-corrected chi connectivity index (χ2v) is 2.65. The minimum atomic E-state index is -2.56. The summed E-state index contributed by atoms with van der Waals surface area (Å²) in [6, 6.07) is 0. The van der Waals surface area contributed by atoms with E-state index in [9.17, 15) is 19.2 Å². The molecule has 9 heteroatoms. The number of hydrogen-bond acceptors (Lipinski definition) is 5. The molecule has 16 heavy (non-hydrogen) atoms. The maximum absolute atomic E-state index is 10.7. The van der Waals surface area contributed by atoms with Gasteiger partial charge in [0.2, 0.25) is 5.60 Å². The van der Waals surface area contributed by atoms with E-state index in [-0.39, 0.29) is 44.2 Å².